The molecule has 2 heterocycles. The number of amides is 1. The minimum Gasteiger partial charge on any atom is -0.385 e. The molecule has 10 heteroatoms. The number of hydrogen-bond acceptors (Lipinski definition) is 8. The topological polar surface area (TPSA) is 120 Å². The molecule has 1 aromatic heterocycles. The van der Waals surface area contributed by atoms with Crippen molar-refractivity contribution in [1.82, 2.24) is 9.97 Å². The third kappa shape index (κ3) is 6.06. The second kappa shape index (κ2) is 10.6. The fourth-order valence-corrected chi connectivity index (χ4v) is 4.28. The maximum atomic E-state index is 12.6. The Morgan fingerprint density at radius 2 is 1.94 bits per heavy atom. The van der Waals surface area contributed by atoms with Gasteiger partial charge in [-0.2, -0.15) is 0 Å². The first-order chi connectivity index (χ1) is 16.4. The second-order valence-electron chi connectivity index (χ2n) is 7.71. The Labute approximate surface area is 207 Å². The molecule has 1 saturated heterocycles. The zero-order valence-electron chi connectivity index (χ0n) is 18.5. The van der Waals surface area contributed by atoms with E-state index in [1.165, 1.54) is 17.8 Å². The van der Waals surface area contributed by atoms with E-state index in [2.05, 4.69) is 20.5 Å². The van der Waals surface area contributed by atoms with E-state index in [0.29, 0.717) is 38.8 Å². The average molecular weight is 494 g/mol. The van der Waals surface area contributed by atoms with E-state index >= 15 is 0 Å². The van der Waals surface area contributed by atoms with E-state index in [1.807, 2.05) is 30.3 Å². The summed E-state index contributed by atoms with van der Waals surface area (Å²) in [5, 5.41) is 14.5. The van der Waals surface area contributed by atoms with Crippen molar-refractivity contribution in [2.45, 2.75) is 23.4 Å². The van der Waals surface area contributed by atoms with Crippen LogP contribution in [-0.2, 0) is 0 Å². The van der Waals surface area contributed by atoms with Crippen molar-refractivity contribution < 1.29 is 4.79 Å². The molecule has 1 aliphatic heterocycles. The number of allylic oxidation sites excluding steroid dienone is 1. The zero-order chi connectivity index (χ0) is 24.1. The number of carbonyl (C=O) groups excluding carboxylic acids is 1. The van der Waals surface area contributed by atoms with Crippen LogP contribution in [0.15, 0.2) is 76.5 Å². The van der Waals surface area contributed by atoms with Crippen molar-refractivity contribution >= 4 is 52.3 Å². The minimum absolute atomic E-state index is 0.279. The van der Waals surface area contributed by atoms with Crippen LogP contribution in [0.4, 0.5) is 17.3 Å². The smallest absolute Gasteiger partial charge is 0.257 e. The highest BCUT2D eigenvalue weighted by Crippen LogP contribution is 2.31. The lowest BCUT2D eigenvalue weighted by Crippen LogP contribution is -2.37. The molecule has 0 unspecified atom stereocenters. The number of nitrogens with one attached hydrogen (secondary N) is 3. The van der Waals surface area contributed by atoms with E-state index in [4.69, 9.17) is 27.7 Å². The van der Waals surface area contributed by atoms with E-state index < -0.39 is 0 Å². The van der Waals surface area contributed by atoms with E-state index in [-0.39, 0.29) is 5.91 Å². The number of nitrogens with two attached hydrogens (primary N) is 1. The highest BCUT2D eigenvalue weighted by molar-refractivity contribution is 7.99. The second-order valence-corrected chi connectivity index (χ2v) is 9.15. The molecule has 3 aromatic rings. The van der Waals surface area contributed by atoms with E-state index in [0.717, 1.165) is 30.2 Å². The summed E-state index contributed by atoms with van der Waals surface area (Å²) in [4.78, 5) is 24.9. The van der Waals surface area contributed by atoms with Crippen molar-refractivity contribution in [2.24, 2.45) is 5.73 Å². The fraction of sp³-hybridized carbons (Fsp3) is 0.167. The van der Waals surface area contributed by atoms with Crippen molar-refractivity contribution in [3.63, 3.8) is 0 Å². The lowest BCUT2D eigenvalue weighted by atomic mass is 10.2. The van der Waals surface area contributed by atoms with Crippen LogP contribution < -0.4 is 21.3 Å². The number of aromatic nitrogens is 2. The molecule has 1 amide bonds. The number of carbonyl (C=O) groups is 1. The molecule has 0 spiro atoms. The van der Waals surface area contributed by atoms with Crippen LogP contribution in [0.1, 0.15) is 23.7 Å². The largest absolute Gasteiger partial charge is 0.385 e. The first-order valence-corrected chi connectivity index (χ1v) is 11.8. The summed E-state index contributed by atoms with van der Waals surface area (Å²) < 4.78 is 0. The van der Waals surface area contributed by atoms with Gasteiger partial charge in [0, 0.05) is 35.5 Å². The number of hydrogen-bond donors (Lipinski definition) is 4. The number of rotatable bonds is 8. The van der Waals surface area contributed by atoms with Gasteiger partial charge in [0.05, 0.1) is 10.6 Å². The molecule has 8 nitrogen and oxygen atoms in total. The molecule has 4 rings (SSSR count). The zero-order valence-corrected chi connectivity index (χ0v) is 20.1. The molecule has 0 radical (unpaired) electrons. The summed E-state index contributed by atoms with van der Waals surface area (Å²) in [6.07, 6.45) is 2.65. The summed E-state index contributed by atoms with van der Waals surface area (Å²) in [5.41, 5.74) is 7.38. The Hall–Kier alpha value is -3.56. The highest BCUT2D eigenvalue weighted by atomic mass is 35.5. The Morgan fingerprint density at radius 1 is 1.15 bits per heavy atom. The third-order valence-corrected chi connectivity index (χ3v) is 6.12. The molecule has 5 N–H and O–H groups in total. The quantitative estimate of drug-likeness (QED) is 0.257. The molecule has 0 saturated carbocycles. The van der Waals surface area contributed by atoms with Crippen LogP contribution in [0, 0.1) is 5.41 Å². The van der Waals surface area contributed by atoms with Crippen LogP contribution in [0.3, 0.4) is 0 Å². The van der Waals surface area contributed by atoms with Crippen LogP contribution in [0.25, 0.3) is 0 Å². The van der Waals surface area contributed by atoms with Gasteiger partial charge >= 0.3 is 0 Å². The van der Waals surface area contributed by atoms with Gasteiger partial charge < -0.3 is 26.7 Å². The first kappa shape index (κ1) is 23.6. The van der Waals surface area contributed by atoms with E-state index in [1.54, 1.807) is 31.2 Å². The maximum absolute atomic E-state index is 12.6. The summed E-state index contributed by atoms with van der Waals surface area (Å²) in [6, 6.07) is 16.2. The monoisotopic (exact) mass is 493 g/mol. The summed E-state index contributed by atoms with van der Waals surface area (Å²) in [5.74, 6) is 1.42. The number of benzene rings is 2. The molecule has 0 bridgehead atoms. The SMILES string of the molecule is CC(=N)/C=C(\N)Nc1cc(N2CCC2)nc(Sc2cccc(NC(=O)c3ccccc3Cl)c2)n1. The molecule has 0 aliphatic carbocycles. The Balaban J connectivity index is 1.54. The normalized spacial score (nSPS) is 13.2. The number of anilines is 3. The first-order valence-electron chi connectivity index (χ1n) is 10.6. The number of halogens is 1. The lowest BCUT2D eigenvalue weighted by molar-refractivity contribution is 0.102. The molecule has 34 heavy (non-hydrogen) atoms. The van der Waals surface area contributed by atoms with Gasteiger partial charge in [0.2, 0.25) is 0 Å². The Kier molecular flexibility index (Phi) is 7.34. The highest BCUT2D eigenvalue weighted by Gasteiger charge is 2.18. The van der Waals surface area contributed by atoms with Crippen molar-refractivity contribution in [1.29, 1.82) is 5.41 Å². The van der Waals surface area contributed by atoms with Gasteiger partial charge in [-0.15, -0.1) is 0 Å². The van der Waals surface area contributed by atoms with Gasteiger partial charge in [0.25, 0.3) is 5.91 Å². The van der Waals surface area contributed by atoms with Gasteiger partial charge in [-0.25, -0.2) is 9.97 Å². The average Bonchev–Trinajstić information content (AvgIpc) is 2.72. The van der Waals surface area contributed by atoms with Crippen LogP contribution in [0.5, 0.6) is 0 Å². The minimum atomic E-state index is -0.279. The number of nitrogens with zero attached hydrogens (tertiary/aromatic N) is 3. The van der Waals surface area contributed by atoms with Crippen LogP contribution >= 0.6 is 23.4 Å². The van der Waals surface area contributed by atoms with Gasteiger partial charge in [-0.1, -0.05) is 29.8 Å². The van der Waals surface area contributed by atoms with Gasteiger partial charge in [-0.3, -0.25) is 4.79 Å². The van der Waals surface area contributed by atoms with Crippen molar-refractivity contribution in [3.05, 3.63) is 77.1 Å². The predicted octanol–water partition coefficient (Wildman–Crippen LogP) is 5.00. The van der Waals surface area contributed by atoms with Gasteiger partial charge in [0.1, 0.15) is 17.5 Å². The van der Waals surface area contributed by atoms with Crippen LogP contribution in [0.2, 0.25) is 5.02 Å². The molecule has 0 atom stereocenters. The maximum Gasteiger partial charge on any atom is 0.257 e. The third-order valence-electron chi connectivity index (χ3n) is 4.94. The standard InChI is InChI=1S/C24H24ClN7OS/c1-15(26)12-20(27)29-21-14-22(32-10-5-11-32)31-24(30-21)34-17-7-4-6-16(13-17)28-23(33)18-8-2-3-9-19(18)25/h2-4,6-9,12-14,26H,5,10-11,27H2,1H3,(H,28,33)(H,29,30,31)/b20-12+,26-15?. The van der Waals surface area contributed by atoms with Crippen molar-refractivity contribution in [3.8, 4) is 0 Å². The van der Waals surface area contributed by atoms with Gasteiger partial charge in [0.15, 0.2) is 5.16 Å². The molecule has 2 aromatic carbocycles. The lowest BCUT2D eigenvalue weighted by Gasteiger charge is -2.32. The molecule has 1 fully saturated rings. The summed E-state index contributed by atoms with van der Waals surface area (Å²) >= 11 is 7.52. The van der Waals surface area contributed by atoms with E-state index in [9.17, 15) is 4.79 Å². The summed E-state index contributed by atoms with van der Waals surface area (Å²) in [7, 11) is 0. The predicted molar refractivity (Wildman–Crippen MR) is 138 cm³/mol. The molecule has 174 valence electrons. The van der Waals surface area contributed by atoms with Crippen LogP contribution in [-0.4, -0.2) is 34.7 Å². The molecule has 1 aliphatic rings. The Morgan fingerprint density at radius 3 is 2.65 bits per heavy atom. The molecular formula is C24H24ClN7OS. The Bertz CT molecular complexity index is 1260. The molecular weight excluding hydrogens is 470 g/mol. The summed E-state index contributed by atoms with van der Waals surface area (Å²) in [6.45, 7) is 3.53. The fourth-order valence-electron chi connectivity index (χ4n) is 3.23. The van der Waals surface area contributed by atoms with Crippen molar-refractivity contribution in [2.75, 3.05) is 28.6 Å². The van der Waals surface area contributed by atoms with Gasteiger partial charge in [-0.05, 0) is 61.5 Å².